The Bertz CT molecular complexity index is 167. The van der Waals surface area contributed by atoms with Gasteiger partial charge in [0.2, 0.25) is 0 Å². The van der Waals surface area contributed by atoms with Gasteiger partial charge in [0, 0.05) is 19.1 Å². The molecule has 0 atom stereocenters. The number of rotatable bonds is 9. The van der Waals surface area contributed by atoms with Crippen LogP contribution < -0.4 is 5.32 Å². The number of aliphatic hydroxyl groups is 2. The molecule has 1 aliphatic rings. The number of nitrogens with zero attached hydrogens (tertiary/aromatic N) is 1. The first kappa shape index (κ1) is 14.9. The monoisotopic (exact) mass is 244 g/mol. The van der Waals surface area contributed by atoms with Crippen molar-refractivity contribution in [2.24, 2.45) is 0 Å². The molecule has 0 aromatic rings. The van der Waals surface area contributed by atoms with Crippen LogP contribution in [-0.2, 0) is 0 Å². The van der Waals surface area contributed by atoms with Crippen molar-refractivity contribution in [2.45, 2.75) is 44.6 Å². The van der Waals surface area contributed by atoms with E-state index in [-0.39, 0.29) is 13.2 Å². The Morgan fingerprint density at radius 1 is 0.941 bits per heavy atom. The maximum absolute atomic E-state index is 8.88. The zero-order valence-corrected chi connectivity index (χ0v) is 10.9. The van der Waals surface area contributed by atoms with Crippen LogP contribution in [0.2, 0.25) is 0 Å². The average molecular weight is 244 g/mol. The molecule has 0 aliphatic heterocycles. The van der Waals surface area contributed by atoms with Gasteiger partial charge in [-0.15, -0.1) is 0 Å². The fraction of sp³-hybridized carbons (Fsp3) is 1.00. The highest BCUT2D eigenvalue weighted by molar-refractivity contribution is 4.71. The fourth-order valence-electron chi connectivity index (χ4n) is 2.53. The molecule has 0 spiro atoms. The maximum Gasteiger partial charge on any atom is 0.0558 e. The standard InChI is InChI=1S/C13H28N2O2/c16-11-9-15(10-12-17)8-4-7-14-13-5-2-1-3-6-13/h13-14,16-17H,1-12H2. The summed E-state index contributed by atoms with van der Waals surface area (Å²) in [6.07, 6.45) is 7.90. The first-order chi connectivity index (χ1) is 8.36. The molecule has 17 heavy (non-hydrogen) atoms. The predicted molar refractivity (Wildman–Crippen MR) is 70.1 cm³/mol. The molecule has 0 aromatic carbocycles. The van der Waals surface area contributed by atoms with Gasteiger partial charge in [-0.2, -0.15) is 0 Å². The van der Waals surface area contributed by atoms with Crippen LogP contribution in [0.3, 0.4) is 0 Å². The normalized spacial score (nSPS) is 17.8. The number of nitrogens with one attached hydrogen (secondary N) is 1. The molecule has 1 rings (SSSR count). The molecular formula is C13H28N2O2. The maximum atomic E-state index is 8.88. The molecule has 0 unspecified atom stereocenters. The molecule has 102 valence electrons. The topological polar surface area (TPSA) is 55.7 Å². The van der Waals surface area contributed by atoms with Crippen molar-refractivity contribution in [1.29, 1.82) is 0 Å². The van der Waals surface area contributed by atoms with E-state index >= 15 is 0 Å². The highest BCUT2D eigenvalue weighted by atomic mass is 16.3. The minimum Gasteiger partial charge on any atom is -0.395 e. The molecule has 0 heterocycles. The van der Waals surface area contributed by atoms with E-state index in [4.69, 9.17) is 10.2 Å². The molecule has 3 N–H and O–H groups in total. The third-order valence-electron chi connectivity index (χ3n) is 3.52. The van der Waals surface area contributed by atoms with E-state index < -0.39 is 0 Å². The summed E-state index contributed by atoms with van der Waals surface area (Å²) in [6.45, 7) is 3.71. The second kappa shape index (κ2) is 9.83. The third kappa shape index (κ3) is 6.99. The van der Waals surface area contributed by atoms with Crippen LogP contribution >= 0.6 is 0 Å². The lowest BCUT2D eigenvalue weighted by Gasteiger charge is -2.24. The Kier molecular flexibility index (Phi) is 8.61. The van der Waals surface area contributed by atoms with E-state index in [2.05, 4.69) is 10.2 Å². The number of hydrogen-bond donors (Lipinski definition) is 3. The van der Waals surface area contributed by atoms with E-state index in [0.29, 0.717) is 13.1 Å². The first-order valence-electron chi connectivity index (χ1n) is 7.04. The van der Waals surface area contributed by atoms with E-state index in [9.17, 15) is 0 Å². The Morgan fingerprint density at radius 2 is 1.59 bits per heavy atom. The van der Waals surface area contributed by atoms with E-state index in [1.54, 1.807) is 0 Å². The summed E-state index contributed by atoms with van der Waals surface area (Å²) < 4.78 is 0. The van der Waals surface area contributed by atoms with Crippen LogP contribution in [0.4, 0.5) is 0 Å². The van der Waals surface area contributed by atoms with Crippen LogP contribution in [0, 0.1) is 0 Å². The predicted octanol–water partition coefficient (Wildman–Crippen LogP) is 0.585. The zero-order valence-electron chi connectivity index (χ0n) is 10.9. The summed E-state index contributed by atoms with van der Waals surface area (Å²) in [5.74, 6) is 0. The lowest BCUT2D eigenvalue weighted by molar-refractivity contribution is 0.159. The summed E-state index contributed by atoms with van der Waals surface area (Å²) in [7, 11) is 0. The Labute approximate surface area is 105 Å². The van der Waals surface area contributed by atoms with Gasteiger partial charge in [0.05, 0.1) is 13.2 Å². The van der Waals surface area contributed by atoms with Crippen molar-refractivity contribution in [3.05, 3.63) is 0 Å². The van der Waals surface area contributed by atoms with Crippen LogP contribution in [-0.4, -0.2) is 60.5 Å². The molecule has 0 saturated heterocycles. The van der Waals surface area contributed by atoms with E-state index in [1.807, 2.05) is 0 Å². The highest BCUT2D eigenvalue weighted by Gasteiger charge is 2.12. The highest BCUT2D eigenvalue weighted by Crippen LogP contribution is 2.17. The summed E-state index contributed by atoms with van der Waals surface area (Å²) >= 11 is 0. The quantitative estimate of drug-likeness (QED) is 0.520. The number of hydrogen-bond acceptors (Lipinski definition) is 4. The van der Waals surface area contributed by atoms with Gasteiger partial charge in [0.1, 0.15) is 0 Å². The summed E-state index contributed by atoms with van der Waals surface area (Å²) in [6, 6.07) is 0.730. The molecule has 0 aromatic heterocycles. The molecular weight excluding hydrogens is 216 g/mol. The van der Waals surface area contributed by atoms with Gasteiger partial charge in [-0.25, -0.2) is 0 Å². The summed E-state index contributed by atoms with van der Waals surface area (Å²) in [5, 5.41) is 21.4. The van der Waals surface area contributed by atoms with Gasteiger partial charge in [-0.05, 0) is 32.4 Å². The SMILES string of the molecule is OCCN(CCO)CCCNC1CCCCC1. The molecule has 4 nitrogen and oxygen atoms in total. The smallest absolute Gasteiger partial charge is 0.0558 e. The Balaban J connectivity index is 2.00. The van der Waals surface area contributed by atoms with Crippen LogP contribution in [0.25, 0.3) is 0 Å². The fourth-order valence-corrected chi connectivity index (χ4v) is 2.53. The van der Waals surface area contributed by atoms with Gasteiger partial charge in [-0.3, -0.25) is 4.90 Å². The van der Waals surface area contributed by atoms with Crippen LogP contribution in [0.5, 0.6) is 0 Å². The zero-order chi connectivity index (χ0) is 12.3. The molecule has 1 saturated carbocycles. The van der Waals surface area contributed by atoms with Crippen molar-refractivity contribution in [3.63, 3.8) is 0 Å². The van der Waals surface area contributed by atoms with Crippen LogP contribution in [0.1, 0.15) is 38.5 Å². The Morgan fingerprint density at radius 3 is 2.18 bits per heavy atom. The first-order valence-corrected chi connectivity index (χ1v) is 7.04. The van der Waals surface area contributed by atoms with Gasteiger partial charge < -0.3 is 15.5 Å². The lowest BCUT2D eigenvalue weighted by atomic mass is 9.95. The van der Waals surface area contributed by atoms with Gasteiger partial charge in [0.25, 0.3) is 0 Å². The van der Waals surface area contributed by atoms with E-state index in [0.717, 1.165) is 25.6 Å². The lowest BCUT2D eigenvalue weighted by Crippen LogP contribution is -2.35. The molecule has 0 radical (unpaired) electrons. The van der Waals surface area contributed by atoms with Crippen molar-refractivity contribution in [3.8, 4) is 0 Å². The van der Waals surface area contributed by atoms with Gasteiger partial charge >= 0.3 is 0 Å². The molecule has 1 fully saturated rings. The molecule has 0 bridgehead atoms. The van der Waals surface area contributed by atoms with E-state index in [1.165, 1.54) is 32.1 Å². The van der Waals surface area contributed by atoms with Gasteiger partial charge in [-0.1, -0.05) is 19.3 Å². The summed E-state index contributed by atoms with van der Waals surface area (Å²) in [5.41, 5.74) is 0. The number of aliphatic hydroxyl groups excluding tert-OH is 2. The minimum atomic E-state index is 0.177. The van der Waals surface area contributed by atoms with Crippen LogP contribution in [0.15, 0.2) is 0 Å². The molecule has 4 heteroatoms. The summed E-state index contributed by atoms with van der Waals surface area (Å²) in [4.78, 5) is 2.11. The minimum absolute atomic E-state index is 0.177. The second-order valence-corrected chi connectivity index (χ2v) is 4.93. The molecule has 0 amide bonds. The van der Waals surface area contributed by atoms with Crippen molar-refractivity contribution in [1.82, 2.24) is 10.2 Å². The Hall–Kier alpha value is -0.160. The second-order valence-electron chi connectivity index (χ2n) is 4.93. The van der Waals surface area contributed by atoms with Crippen molar-refractivity contribution < 1.29 is 10.2 Å². The van der Waals surface area contributed by atoms with Gasteiger partial charge in [0.15, 0.2) is 0 Å². The third-order valence-corrected chi connectivity index (χ3v) is 3.52. The average Bonchev–Trinajstić information content (AvgIpc) is 2.36. The largest absolute Gasteiger partial charge is 0.395 e. The van der Waals surface area contributed by atoms with Crippen molar-refractivity contribution in [2.75, 3.05) is 39.4 Å². The van der Waals surface area contributed by atoms with Crippen molar-refractivity contribution >= 4 is 0 Å². The molecule has 1 aliphatic carbocycles.